The van der Waals surface area contributed by atoms with E-state index in [2.05, 4.69) is 67.5 Å². The molecule has 0 unspecified atom stereocenters. The van der Waals surface area contributed by atoms with Crippen molar-refractivity contribution in [2.45, 2.75) is 55.4 Å². The van der Waals surface area contributed by atoms with E-state index in [0.29, 0.717) is 0 Å². The van der Waals surface area contributed by atoms with Crippen LogP contribution in [0.25, 0.3) is 0 Å². The monoisotopic (exact) mass is 298 g/mol. The molecule has 2 rings (SSSR count). The fourth-order valence-electron chi connectivity index (χ4n) is 2.27. The molecule has 0 fully saturated rings. The first-order chi connectivity index (χ1) is 8.25. The molecule has 0 atom stereocenters. The van der Waals surface area contributed by atoms with E-state index >= 15 is 0 Å². The second-order valence-electron chi connectivity index (χ2n) is 5.52. The van der Waals surface area contributed by atoms with Gasteiger partial charge in [0.25, 0.3) is 0 Å². The summed E-state index contributed by atoms with van der Waals surface area (Å²) in [6.45, 7) is 17.4. The molecule has 2 aromatic carbocycles. The number of hydrogen-bond donors (Lipinski definition) is 0. The maximum absolute atomic E-state index is 2.24. The van der Waals surface area contributed by atoms with Crippen LogP contribution < -0.4 is 0 Å². The Morgan fingerprint density at radius 1 is 0.842 bits per heavy atom. The molecule has 0 heterocycles. The summed E-state index contributed by atoms with van der Waals surface area (Å²) < 4.78 is 0. The molecular formula is C18H26Fe-6. The van der Waals surface area contributed by atoms with Gasteiger partial charge in [-0.05, 0) is 0 Å². The summed E-state index contributed by atoms with van der Waals surface area (Å²) in [5.41, 5.74) is 11.5. The first kappa shape index (κ1) is 18.2. The molecule has 0 aliphatic rings. The second kappa shape index (κ2) is 7.12. The van der Waals surface area contributed by atoms with Crippen LogP contribution in [0.15, 0.2) is 12.1 Å². The topological polar surface area (TPSA) is 0 Å². The van der Waals surface area contributed by atoms with Crippen LogP contribution in [-0.4, -0.2) is 0 Å². The standard InChI is InChI=1S/2C9H13.Fe/c2*1-6-5-7(2)9(4)8(6)3;/h2*5H,1-4H3;/q-5;-1;. The zero-order valence-electron chi connectivity index (χ0n) is 13.5. The van der Waals surface area contributed by atoms with E-state index in [0.717, 1.165) is 0 Å². The summed E-state index contributed by atoms with van der Waals surface area (Å²) in [4.78, 5) is 0. The predicted octanol–water partition coefficient (Wildman–Crippen LogP) is 5.28. The first-order valence-electron chi connectivity index (χ1n) is 6.65. The van der Waals surface area contributed by atoms with Gasteiger partial charge in [-0.25, -0.2) is 27.7 Å². The Morgan fingerprint density at radius 3 is 1.37 bits per heavy atom. The molecule has 0 aliphatic carbocycles. The summed E-state index contributed by atoms with van der Waals surface area (Å²) in [6.07, 6.45) is 0. The normalized spacial score (nSPS) is 9.68. The maximum Gasteiger partial charge on any atom is 0 e. The molecule has 0 saturated carbocycles. The quantitative estimate of drug-likeness (QED) is 0.459. The Bertz CT molecular complexity index is 443. The Morgan fingerprint density at radius 2 is 1.26 bits per heavy atom. The van der Waals surface area contributed by atoms with Crippen LogP contribution in [0.5, 0.6) is 0 Å². The van der Waals surface area contributed by atoms with E-state index in [4.69, 9.17) is 0 Å². The van der Waals surface area contributed by atoms with E-state index in [1.807, 2.05) is 0 Å². The Balaban J connectivity index is 0.000000324. The van der Waals surface area contributed by atoms with Crippen LogP contribution >= 0.6 is 0 Å². The van der Waals surface area contributed by atoms with Gasteiger partial charge < -0.3 is 28.3 Å². The Hall–Kier alpha value is -0.781. The van der Waals surface area contributed by atoms with E-state index in [1.54, 1.807) is 0 Å². The fraction of sp³-hybridized carbons (Fsp3) is 0.444. The van der Waals surface area contributed by atoms with Crippen LogP contribution in [0.4, 0.5) is 0 Å². The zero-order chi connectivity index (χ0) is 14.0. The molecule has 0 saturated heterocycles. The molecule has 0 radical (unpaired) electrons. The molecule has 0 bridgehead atoms. The third kappa shape index (κ3) is 4.09. The number of rotatable bonds is 0. The second-order valence-corrected chi connectivity index (χ2v) is 5.52. The van der Waals surface area contributed by atoms with E-state index in [9.17, 15) is 0 Å². The van der Waals surface area contributed by atoms with Crippen LogP contribution in [0.2, 0.25) is 0 Å². The van der Waals surface area contributed by atoms with Gasteiger partial charge >= 0.3 is 0 Å². The van der Waals surface area contributed by atoms with Crippen molar-refractivity contribution < 1.29 is 17.1 Å². The Kier molecular flexibility index (Phi) is 6.83. The van der Waals surface area contributed by atoms with Crippen molar-refractivity contribution in [3.8, 4) is 0 Å². The third-order valence-corrected chi connectivity index (χ3v) is 4.36. The number of hydrogen-bond acceptors (Lipinski definition) is 0. The number of aryl methyl sites for hydroxylation is 4. The largest absolute Gasteiger partial charge is 0.743 e. The van der Waals surface area contributed by atoms with Crippen LogP contribution in [0.1, 0.15) is 44.5 Å². The minimum atomic E-state index is 0. The minimum Gasteiger partial charge on any atom is -0.743 e. The Labute approximate surface area is 129 Å². The van der Waals surface area contributed by atoms with Crippen molar-refractivity contribution in [2.24, 2.45) is 0 Å². The molecule has 112 valence electrons. The molecule has 0 aliphatic heterocycles. The smallest absolute Gasteiger partial charge is 0 e. The van der Waals surface area contributed by atoms with Gasteiger partial charge in [0.2, 0.25) is 0 Å². The molecule has 1 heteroatoms. The maximum atomic E-state index is 2.24. The van der Waals surface area contributed by atoms with E-state index < -0.39 is 0 Å². The molecule has 0 N–H and O–H groups in total. The summed E-state index contributed by atoms with van der Waals surface area (Å²) in [6, 6.07) is 4.48. The van der Waals surface area contributed by atoms with Crippen molar-refractivity contribution in [1.82, 2.24) is 0 Å². The van der Waals surface area contributed by atoms with Crippen molar-refractivity contribution >= 4 is 0 Å². The van der Waals surface area contributed by atoms with Gasteiger partial charge in [0.05, 0.1) is 0 Å². The summed E-state index contributed by atoms with van der Waals surface area (Å²) in [5.74, 6) is 0. The van der Waals surface area contributed by atoms with Crippen LogP contribution in [0.3, 0.4) is 0 Å². The SMILES string of the molecule is C[c-]1[cH-][c-](C)[c-](C)[c-]1C.Cc1c[c-](C)c(C)c1C.[Fe]. The van der Waals surface area contributed by atoms with Gasteiger partial charge in [-0.2, -0.15) is 28.3 Å². The molecule has 0 aromatic heterocycles. The first-order valence-corrected chi connectivity index (χ1v) is 6.65. The minimum absolute atomic E-state index is 0. The molecular weight excluding hydrogens is 272 g/mol. The van der Waals surface area contributed by atoms with Gasteiger partial charge in [-0.1, -0.05) is 27.7 Å². The van der Waals surface area contributed by atoms with Crippen molar-refractivity contribution in [3.63, 3.8) is 0 Å². The van der Waals surface area contributed by atoms with Crippen LogP contribution in [-0.2, 0) is 17.1 Å². The van der Waals surface area contributed by atoms with E-state index in [1.165, 1.54) is 44.5 Å². The molecule has 0 amide bonds. The molecule has 2 aromatic rings. The predicted molar refractivity (Wildman–Crippen MR) is 82.0 cm³/mol. The van der Waals surface area contributed by atoms with Crippen molar-refractivity contribution in [2.75, 3.05) is 0 Å². The summed E-state index contributed by atoms with van der Waals surface area (Å²) in [7, 11) is 0. The molecule has 0 spiro atoms. The van der Waals surface area contributed by atoms with Gasteiger partial charge in [0, 0.05) is 17.1 Å². The average Bonchev–Trinajstić information content (AvgIpc) is 2.66. The van der Waals surface area contributed by atoms with Crippen molar-refractivity contribution in [1.29, 1.82) is 0 Å². The summed E-state index contributed by atoms with van der Waals surface area (Å²) in [5, 5.41) is 0. The zero-order valence-corrected chi connectivity index (χ0v) is 14.6. The average molecular weight is 298 g/mol. The van der Waals surface area contributed by atoms with Gasteiger partial charge in [0.1, 0.15) is 0 Å². The van der Waals surface area contributed by atoms with Crippen molar-refractivity contribution in [3.05, 3.63) is 56.6 Å². The van der Waals surface area contributed by atoms with Gasteiger partial charge in [-0.15, -0.1) is 0 Å². The van der Waals surface area contributed by atoms with Gasteiger partial charge in [0.15, 0.2) is 0 Å². The molecule has 0 nitrogen and oxygen atoms in total. The van der Waals surface area contributed by atoms with Crippen LogP contribution in [0, 0.1) is 55.4 Å². The van der Waals surface area contributed by atoms with Gasteiger partial charge in [-0.3, -0.25) is 0 Å². The van der Waals surface area contributed by atoms with E-state index in [-0.39, 0.29) is 17.1 Å². The third-order valence-electron chi connectivity index (χ3n) is 4.36. The molecule has 19 heavy (non-hydrogen) atoms. The fourth-order valence-corrected chi connectivity index (χ4v) is 2.27. The summed E-state index contributed by atoms with van der Waals surface area (Å²) >= 11 is 0.